The number of aromatic nitrogens is 2. The van der Waals surface area contributed by atoms with Crippen molar-refractivity contribution in [3.8, 4) is 11.5 Å². The summed E-state index contributed by atoms with van der Waals surface area (Å²) in [5.74, 6) is 2.93. The predicted octanol–water partition coefficient (Wildman–Crippen LogP) is 4.96. The van der Waals surface area contributed by atoms with Crippen LogP contribution in [0.5, 0.6) is 11.5 Å². The maximum absolute atomic E-state index is 14.3. The summed E-state index contributed by atoms with van der Waals surface area (Å²) in [6.45, 7) is 0.723. The highest BCUT2D eigenvalue weighted by molar-refractivity contribution is 7.87. The molecule has 9 nitrogen and oxygen atoms in total. The molecular formula is C26H28ClFN4O5S. The molecule has 0 radical (unpaired) electrons. The van der Waals surface area contributed by atoms with Crippen molar-refractivity contribution in [2.24, 2.45) is 4.36 Å². The largest absolute Gasteiger partial charge is 0.493 e. The van der Waals surface area contributed by atoms with E-state index in [1.54, 1.807) is 20.3 Å². The van der Waals surface area contributed by atoms with Crippen LogP contribution in [0.2, 0.25) is 5.02 Å². The molecule has 12 heteroatoms. The number of benzene rings is 2. The average Bonchev–Trinajstić information content (AvgIpc) is 3.65. The molecule has 2 unspecified atom stereocenters. The van der Waals surface area contributed by atoms with Crippen LogP contribution in [0.15, 0.2) is 35.0 Å². The van der Waals surface area contributed by atoms with Gasteiger partial charge in [-0.05, 0) is 31.0 Å². The number of halogens is 2. The zero-order valence-electron chi connectivity index (χ0n) is 21.0. The molecule has 0 saturated carbocycles. The van der Waals surface area contributed by atoms with Crippen LogP contribution < -0.4 is 14.8 Å². The van der Waals surface area contributed by atoms with Crippen molar-refractivity contribution in [2.45, 2.75) is 37.3 Å². The maximum Gasteiger partial charge on any atom is 0.164 e. The molecule has 3 fully saturated rings. The van der Waals surface area contributed by atoms with Gasteiger partial charge in [0.25, 0.3) is 0 Å². The van der Waals surface area contributed by atoms with Crippen LogP contribution in [0, 0.1) is 5.82 Å². The minimum absolute atomic E-state index is 0.0443. The van der Waals surface area contributed by atoms with Gasteiger partial charge < -0.3 is 29.0 Å². The second kappa shape index (κ2) is 10.9. The number of nitrogens with zero attached hydrogens (tertiary/aromatic N) is 3. The second-order valence-corrected chi connectivity index (χ2v) is 11.6. The van der Waals surface area contributed by atoms with Crippen molar-refractivity contribution in [1.29, 1.82) is 0 Å². The van der Waals surface area contributed by atoms with E-state index in [-0.39, 0.29) is 29.0 Å². The van der Waals surface area contributed by atoms with E-state index in [1.807, 2.05) is 6.07 Å². The van der Waals surface area contributed by atoms with Crippen molar-refractivity contribution in [2.75, 3.05) is 44.3 Å². The van der Waals surface area contributed by atoms with Crippen molar-refractivity contribution in [3.63, 3.8) is 0 Å². The second-order valence-electron chi connectivity index (χ2n) is 9.32. The van der Waals surface area contributed by atoms with Gasteiger partial charge in [-0.15, -0.1) is 0 Å². The van der Waals surface area contributed by atoms with E-state index >= 15 is 0 Å². The Bertz CT molecular complexity index is 1390. The minimum atomic E-state index is -0.436. The van der Waals surface area contributed by atoms with Gasteiger partial charge in [0.05, 0.1) is 41.9 Å². The molecule has 4 atom stereocenters. The molecule has 3 aliphatic rings. The fourth-order valence-electron chi connectivity index (χ4n) is 5.09. The summed E-state index contributed by atoms with van der Waals surface area (Å²) >= 11 is 6.86. The monoisotopic (exact) mass is 562 g/mol. The molecule has 1 N–H and O–H groups in total. The summed E-state index contributed by atoms with van der Waals surface area (Å²) in [6, 6.07) is 6.14. The van der Waals surface area contributed by atoms with Crippen LogP contribution in [0.1, 0.15) is 12.8 Å². The molecule has 3 aromatic rings. The summed E-state index contributed by atoms with van der Waals surface area (Å²) in [7, 11) is 3.15. The number of hydrogen-bond acceptors (Lipinski definition) is 9. The maximum atomic E-state index is 14.3. The topological polar surface area (TPSA) is 96.3 Å². The van der Waals surface area contributed by atoms with E-state index in [4.69, 9.17) is 39.6 Å². The van der Waals surface area contributed by atoms with E-state index in [0.717, 1.165) is 11.5 Å². The third-order valence-corrected chi connectivity index (χ3v) is 9.32. The van der Waals surface area contributed by atoms with Gasteiger partial charge in [-0.3, -0.25) is 0 Å². The van der Waals surface area contributed by atoms with Crippen molar-refractivity contribution >= 4 is 50.4 Å². The lowest BCUT2D eigenvalue weighted by molar-refractivity contribution is -0.0138. The van der Waals surface area contributed by atoms with Crippen LogP contribution in [0.4, 0.5) is 21.6 Å². The Morgan fingerprint density at radius 1 is 1.08 bits per heavy atom. The SMILES string of the molecule is COc1c(N=S2CCCC2)cc2ncnc(Nc3ccc(F)cc3OC3CO[C@@H]4C(OC)CO[C@H]34)c2c1Cl. The number of nitrogens with one attached hydrogen (secondary N) is 1. The molecule has 0 amide bonds. The van der Waals surface area contributed by atoms with E-state index in [9.17, 15) is 4.39 Å². The van der Waals surface area contributed by atoms with Crippen molar-refractivity contribution < 1.29 is 28.1 Å². The van der Waals surface area contributed by atoms with Crippen LogP contribution in [-0.2, 0) is 24.9 Å². The average molecular weight is 563 g/mol. The summed E-state index contributed by atoms with van der Waals surface area (Å²) in [6.07, 6.45) is 2.70. The Labute approximate surface area is 227 Å². The molecule has 202 valence electrons. The molecule has 0 bridgehead atoms. The summed E-state index contributed by atoms with van der Waals surface area (Å²) < 4.78 is 48.3. The lowest BCUT2D eigenvalue weighted by atomic mass is 10.1. The Morgan fingerprint density at radius 3 is 2.61 bits per heavy atom. The first-order valence-electron chi connectivity index (χ1n) is 12.5. The number of methoxy groups -OCH3 is 2. The normalized spacial score (nSPS) is 25.1. The van der Waals surface area contributed by atoms with Gasteiger partial charge in [0.15, 0.2) is 11.9 Å². The van der Waals surface area contributed by atoms with Crippen LogP contribution in [0.25, 0.3) is 10.9 Å². The van der Waals surface area contributed by atoms with E-state index in [1.165, 1.54) is 31.3 Å². The number of ether oxygens (including phenoxy) is 5. The van der Waals surface area contributed by atoms with Crippen molar-refractivity contribution in [1.82, 2.24) is 9.97 Å². The summed E-state index contributed by atoms with van der Waals surface area (Å²) in [5, 5.41) is 4.19. The molecule has 4 heterocycles. The Hall–Kier alpha value is -2.57. The first-order valence-corrected chi connectivity index (χ1v) is 14.3. The standard InChI is InChI=1S/C26H28ClFN4O5S/c1-33-19-11-35-25-20(12-36-24(19)25)37-18-9-14(28)5-6-15(18)31-26-21-16(29-13-30-26)10-17(23(34-2)22(21)27)32-38-7-3-4-8-38/h5-6,9-10,13,19-20,24-25H,3-4,7-8,11-12H2,1-2H3,(H,29,30,31)/t19?,20?,24-,25-/m1/s1. The smallest absolute Gasteiger partial charge is 0.164 e. The number of anilines is 2. The van der Waals surface area contributed by atoms with Crippen LogP contribution in [0.3, 0.4) is 0 Å². The molecule has 3 aliphatic heterocycles. The quantitative estimate of drug-likeness (QED) is 0.431. The summed E-state index contributed by atoms with van der Waals surface area (Å²) in [5.41, 5.74) is 1.82. The lowest BCUT2D eigenvalue weighted by Gasteiger charge is -2.21. The first-order chi connectivity index (χ1) is 18.6. The number of fused-ring (bicyclic) bond motifs is 2. The lowest BCUT2D eigenvalue weighted by Crippen LogP contribution is -2.35. The molecule has 0 aliphatic carbocycles. The van der Waals surface area contributed by atoms with Gasteiger partial charge in [-0.2, -0.15) is 0 Å². The zero-order valence-corrected chi connectivity index (χ0v) is 22.6. The predicted molar refractivity (Wildman–Crippen MR) is 144 cm³/mol. The molecule has 0 spiro atoms. The fourth-order valence-corrected chi connectivity index (χ4v) is 7.33. The highest BCUT2D eigenvalue weighted by Gasteiger charge is 2.49. The molecule has 6 rings (SSSR count). The number of hydrogen-bond donors (Lipinski definition) is 1. The van der Waals surface area contributed by atoms with Gasteiger partial charge in [-0.1, -0.05) is 22.3 Å². The first kappa shape index (κ1) is 25.7. The van der Waals surface area contributed by atoms with Gasteiger partial charge in [-0.25, -0.2) is 18.7 Å². The highest BCUT2D eigenvalue weighted by Crippen LogP contribution is 2.44. The number of rotatable bonds is 7. The minimum Gasteiger partial charge on any atom is -0.493 e. The van der Waals surface area contributed by atoms with E-state index in [0.29, 0.717) is 57.8 Å². The Balaban J connectivity index is 1.33. The molecular weight excluding hydrogens is 535 g/mol. The third-order valence-electron chi connectivity index (χ3n) is 6.98. The fraction of sp³-hybridized carbons (Fsp3) is 0.462. The molecule has 3 saturated heterocycles. The van der Waals surface area contributed by atoms with E-state index < -0.39 is 11.9 Å². The van der Waals surface area contributed by atoms with Gasteiger partial charge in [0.1, 0.15) is 47.7 Å². The van der Waals surface area contributed by atoms with E-state index in [2.05, 4.69) is 15.3 Å². The van der Waals surface area contributed by atoms with Crippen LogP contribution >= 0.6 is 11.6 Å². The summed E-state index contributed by atoms with van der Waals surface area (Å²) in [4.78, 5) is 8.88. The Kier molecular flexibility index (Phi) is 7.37. The molecule has 38 heavy (non-hydrogen) atoms. The molecule has 2 aromatic carbocycles. The van der Waals surface area contributed by atoms with Gasteiger partial charge in [0.2, 0.25) is 0 Å². The molecule has 1 aromatic heterocycles. The van der Waals surface area contributed by atoms with Crippen molar-refractivity contribution in [3.05, 3.63) is 41.4 Å². The van der Waals surface area contributed by atoms with Gasteiger partial charge in [0, 0.05) is 24.7 Å². The third kappa shape index (κ3) is 4.82. The highest BCUT2D eigenvalue weighted by atomic mass is 35.5. The zero-order chi connectivity index (χ0) is 26.2. The Morgan fingerprint density at radius 2 is 1.84 bits per heavy atom. The van der Waals surface area contributed by atoms with Gasteiger partial charge >= 0.3 is 0 Å². The van der Waals surface area contributed by atoms with Crippen LogP contribution in [-0.4, -0.2) is 73.3 Å².